The minimum atomic E-state index is -0.382. The molecule has 2 aromatic heterocycles. The van der Waals surface area contributed by atoms with Gasteiger partial charge in [0.2, 0.25) is 0 Å². The highest BCUT2D eigenvalue weighted by molar-refractivity contribution is 6.31. The van der Waals surface area contributed by atoms with Crippen LogP contribution in [-0.4, -0.2) is 19.7 Å². The Balaban J connectivity index is 2.43. The summed E-state index contributed by atoms with van der Waals surface area (Å²) in [6.45, 7) is 4.06. The number of hydrogen-bond donors (Lipinski definition) is 2. The van der Waals surface area contributed by atoms with E-state index in [2.05, 4.69) is 15.1 Å². The largest absolute Gasteiger partial charge is 0.347 e. The number of aromatic nitrogens is 4. The molecule has 0 amide bonds. The maximum Gasteiger partial charge on any atom is 0.129 e. The normalized spacial score (nSPS) is 13.3. The van der Waals surface area contributed by atoms with Crippen molar-refractivity contribution >= 4 is 11.6 Å². The van der Waals surface area contributed by atoms with Crippen LogP contribution in [0.4, 0.5) is 0 Å². The number of imidazole rings is 1. The van der Waals surface area contributed by atoms with Crippen molar-refractivity contribution < 1.29 is 0 Å². The van der Waals surface area contributed by atoms with Crippen molar-refractivity contribution in [3.05, 3.63) is 35.1 Å². The predicted octanol–water partition coefficient (Wildman–Crippen LogP) is 1.89. The number of hydrogen-bond acceptors (Lipinski definition) is 3. The Hall–Kier alpha value is -1.33. The van der Waals surface area contributed by atoms with E-state index in [9.17, 15) is 0 Å². The quantitative estimate of drug-likeness (QED) is 0.859. The number of nitrogens with zero attached hydrogens (tertiary/aromatic N) is 3. The third-order valence-corrected chi connectivity index (χ3v) is 2.68. The smallest absolute Gasteiger partial charge is 0.129 e. The van der Waals surface area contributed by atoms with Crippen LogP contribution in [0.1, 0.15) is 37.4 Å². The lowest BCUT2D eigenvalue weighted by atomic mass is 10.2. The van der Waals surface area contributed by atoms with Crippen LogP contribution < -0.4 is 5.73 Å². The molecule has 0 aromatic carbocycles. The van der Waals surface area contributed by atoms with Crippen LogP contribution in [0.15, 0.2) is 18.6 Å². The van der Waals surface area contributed by atoms with Crippen LogP contribution in [0.2, 0.25) is 5.02 Å². The van der Waals surface area contributed by atoms with E-state index in [0.717, 1.165) is 5.69 Å². The Bertz CT molecular complexity index is 460. The van der Waals surface area contributed by atoms with E-state index in [1.165, 1.54) is 0 Å². The second-order valence-electron chi connectivity index (χ2n) is 3.87. The van der Waals surface area contributed by atoms with Gasteiger partial charge in [0, 0.05) is 18.4 Å². The van der Waals surface area contributed by atoms with Gasteiger partial charge in [0.15, 0.2) is 0 Å². The van der Waals surface area contributed by atoms with Gasteiger partial charge in [-0.25, -0.2) is 4.98 Å². The number of rotatable bonds is 3. The molecule has 0 fully saturated rings. The lowest BCUT2D eigenvalue weighted by Gasteiger charge is -2.15. The van der Waals surface area contributed by atoms with Gasteiger partial charge in [-0.1, -0.05) is 11.6 Å². The first-order valence-corrected chi connectivity index (χ1v) is 5.46. The fourth-order valence-electron chi connectivity index (χ4n) is 1.63. The zero-order chi connectivity index (χ0) is 11.7. The lowest BCUT2D eigenvalue weighted by Crippen LogP contribution is -2.20. The molecular formula is C10H14ClN5. The van der Waals surface area contributed by atoms with E-state index in [4.69, 9.17) is 17.3 Å². The number of aromatic amines is 1. The first kappa shape index (κ1) is 11.2. The van der Waals surface area contributed by atoms with Gasteiger partial charge >= 0.3 is 0 Å². The average Bonchev–Trinajstić information content (AvgIpc) is 2.84. The molecule has 6 heteroatoms. The summed E-state index contributed by atoms with van der Waals surface area (Å²) in [6.07, 6.45) is 5.01. The molecule has 0 radical (unpaired) electrons. The molecule has 2 rings (SSSR count). The van der Waals surface area contributed by atoms with Crippen molar-refractivity contribution in [2.24, 2.45) is 5.73 Å². The lowest BCUT2D eigenvalue weighted by molar-refractivity contribution is 0.496. The van der Waals surface area contributed by atoms with E-state index in [0.29, 0.717) is 10.8 Å². The minimum absolute atomic E-state index is 0.212. The van der Waals surface area contributed by atoms with Crippen LogP contribution in [0, 0.1) is 0 Å². The Morgan fingerprint density at radius 2 is 2.25 bits per heavy atom. The zero-order valence-corrected chi connectivity index (χ0v) is 9.94. The molecule has 0 bridgehead atoms. The maximum absolute atomic E-state index is 6.11. The summed E-state index contributed by atoms with van der Waals surface area (Å²) in [4.78, 5) is 7.12. The van der Waals surface area contributed by atoms with E-state index >= 15 is 0 Å². The number of halogens is 1. The molecule has 0 spiro atoms. The first-order valence-electron chi connectivity index (χ1n) is 5.09. The Kier molecular flexibility index (Phi) is 2.98. The Labute approximate surface area is 98.6 Å². The highest BCUT2D eigenvalue weighted by Gasteiger charge is 2.21. The fraction of sp³-hybridized carbons (Fsp3) is 0.400. The summed E-state index contributed by atoms with van der Waals surface area (Å²) in [7, 11) is 0. The van der Waals surface area contributed by atoms with E-state index in [1.54, 1.807) is 18.6 Å². The van der Waals surface area contributed by atoms with Crippen LogP contribution in [-0.2, 0) is 0 Å². The number of nitrogens with one attached hydrogen (secondary N) is 1. The second-order valence-corrected chi connectivity index (χ2v) is 4.28. The van der Waals surface area contributed by atoms with Crippen molar-refractivity contribution in [3.8, 4) is 0 Å². The van der Waals surface area contributed by atoms with Crippen LogP contribution in [0.5, 0.6) is 0 Å². The van der Waals surface area contributed by atoms with Gasteiger partial charge in [0.25, 0.3) is 0 Å². The second kappa shape index (κ2) is 4.27. The third-order valence-electron chi connectivity index (χ3n) is 2.38. The molecule has 1 atom stereocenters. The van der Waals surface area contributed by atoms with Gasteiger partial charge < -0.3 is 10.7 Å². The molecule has 2 heterocycles. The van der Waals surface area contributed by atoms with Gasteiger partial charge in [-0.2, -0.15) is 5.10 Å². The molecule has 1 unspecified atom stereocenters. The van der Waals surface area contributed by atoms with Crippen molar-refractivity contribution in [3.63, 3.8) is 0 Å². The highest BCUT2D eigenvalue weighted by atomic mass is 35.5. The minimum Gasteiger partial charge on any atom is -0.347 e. The van der Waals surface area contributed by atoms with Crippen LogP contribution in [0.25, 0.3) is 0 Å². The summed E-state index contributed by atoms with van der Waals surface area (Å²) in [5.74, 6) is 0.685. The maximum atomic E-state index is 6.11. The fourth-order valence-corrected chi connectivity index (χ4v) is 1.88. The van der Waals surface area contributed by atoms with Crippen LogP contribution >= 0.6 is 11.6 Å². The van der Waals surface area contributed by atoms with Gasteiger partial charge in [0.05, 0.1) is 16.9 Å². The molecule has 86 valence electrons. The monoisotopic (exact) mass is 239 g/mol. The molecule has 2 aromatic rings. The summed E-state index contributed by atoms with van der Waals surface area (Å²) < 4.78 is 1.82. The highest BCUT2D eigenvalue weighted by Crippen LogP contribution is 2.26. The molecule has 0 saturated heterocycles. The zero-order valence-electron chi connectivity index (χ0n) is 9.18. The SMILES string of the molecule is CC(C)n1ncc(Cl)c1C(N)c1ncc[nH]1. The van der Waals surface area contributed by atoms with Gasteiger partial charge in [-0.3, -0.25) is 4.68 Å². The molecule has 3 N–H and O–H groups in total. The summed E-state index contributed by atoms with van der Waals surface area (Å²) in [5.41, 5.74) is 6.89. The van der Waals surface area contributed by atoms with Crippen molar-refractivity contribution in [1.82, 2.24) is 19.7 Å². The van der Waals surface area contributed by atoms with Crippen molar-refractivity contribution in [2.45, 2.75) is 25.9 Å². The van der Waals surface area contributed by atoms with Crippen molar-refractivity contribution in [2.75, 3.05) is 0 Å². The van der Waals surface area contributed by atoms with Gasteiger partial charge in [-0.15, -0.1) is 0 Å². The van der Waals surface area contributed by atoms with Gasteiger partial charge in [0.1, 0.15) is 11.9 Å². The van der Waals surface area contributed by atoms with Crippen molar-refractivity contribution in [1.29, 1.82) is 0 Å². The summed E-state index contributed by atoms with van der Waals surface area (Å²) in [5, 5.41) is 4.78. The van der Waals surface area contributed by atoms with E-state index in [1.807, 2.05) is 18.5 Å². The third kappa shape index (κ3) is 1.83. The molecular weight excluding hydrogens is 226 g/mol. The molecule has 0 saturated carbocycles. The summed E-state index contributed by atoms with van der Waals surface area (Å²) >= 11 is 6.10. The van der Waals surface area contributed by atoms with E-state index in [-0.39, 0.29) is 12.1 Å². The molecule has 5 nitrogen and oxygen atoms in total. The van der Waals surface area contributed by atoms with Gasteiger partial charge in [-0.05, 0) is 13.8 Å². The molecule has 0 aliphatic carbocycles. The Morgan fingerprint density at radius 1 is 1.50 bits per heavy atom. The first-order chi connectivity index (χ1) is 7.61. The standard InChI is InChI=1S/C10H14ClN5/c1-6(2)16-9(7(11)5-15-16)8(12)10-13-3-4-14-10/h3-6,8H,12H2,1-2H3,(H,13,14). The predicted molar refractivity (Wildman–Crippen MR) is 62.2 cm³/mol. The molecule has 0 aliphatic heterocycles. The Morgan fingerprint density at radius 3 is 2.81 bits per heavy atom. The van der Waals surface area contributed by atoms with E-state index < -0.39 is 0 Å². The number of nitrogens with two attached hydrogens (primary N) is 1. The number of H-pyrrole nitrogens is 1. The molecule has 16 heavy (non-hydrogen) atoms. The molecule has 0 aliphatic rings. The van der Waals surface area contributed by atoms with Crippen LogP contribution in [0.3, 0.4) is 0 Å². The average molecular weight is 240 g/mol. The topological polar surface area (TPSA) is 72.5 Å². The summed E-state index contributed by atoms with van der Waals surface area (Å²) in [6, 6.07) is -0.170.